The first-order chi connectivity index (χ1) is 10.3. The maximum absolute atomic E-state index is 11.4. The van der Waals surface area contributed by atoms with Crippen LogP contribution in [0.4, 0.5) is 0 Å². The van der Waals surface area contributed by atoms with E-state index in [0.29, 0.717) is 31.1 Å². The van der Waals surface area contributed by atoms with Crippen molar-refractivity contribution in [2.24, 2.45) is 0 Å². The smallest absolute Gasteiger partial charge is 0.227 e. The van der Waals surface area contributed by atoms with Crippen LogP contribution in [0.2, 0.25) is 0 Å². The van der Waals surface area contributed by atoms with Gasteiger partial charge in [-0.25, -0.2) is 0 Å². The first-order valence-electron chi connectivity index (χ1n) is 7.44. The molecule has 1 heterocycles. The van der Waals surface area contributed by atoms with E-state index >= 15 is 0 Å². The van der Waals surface area contributed by atoms with E-state index in [1.807, 2.05) is 30.3 Å². The summed E-state index contributed by atoms with van der Waals surface area (Å²) in [6.07, 6.45) is 4.06. The summed E-state index contributed by atoms with van der Waals surface area (Å²) in [6, 6.07) is 9.73. The van der Waals surface area contributed by atoms with E-state index in [1.165, 1.54) is 0 Å². The number of rotatable bonds is 8. The number of amides is 1. The van der Waals surface area contributed by atoms with Crippen LogP contribution >= 0.6 is 0 Å². The highest BCUT2D eigenvalue weighted by Gasteiger charge is 2.08. The molecule has 0 bridgehead atoms. The monoisotopic (exact) mass is 287 g/mol. The summed E-state index contributed by atoms with van der Waals surface area (Å²) in [5, 5.41) is 6.86. The largest absolute Gasteiger partial charge is 0.356 e. The van der Waals surface area contributed by atoms with Gasteiger partial charge < -0.3 is 9.84 Å². The quantitative estimate of drug-likeness (QED) is 0.758. The van der Waals surface area contributed by atoms with Crippen LogP contribution in [0.1, 0.15) is 38.5 Å². The molecule has 0 radical (unpaired) electrons. The molecule has 0 atom stereocenters. The summed E-state index contributed by atoms with van der Waals surface area (Å²) < 4.78 is 5.22. The molecule has 1 aromatic heterocycles. The van der Waals surface area contributed by atoms with E-state index in [-0.39, 0.29) is 5.91 Å². The summed E-state index contributed by atoms with van der Waals surface area (Å²) in [7, 11) is 0. The van der Waals surface area contributed by atoms with Crippen molar-refractivity contribution in [2.75, 3.05) is 6.54 Å². The molecule has 0 aliphatic heterocycles. The molecule has 1 amide bonds. The Hall–Kier alpha value is -2.17. The summed E-state index contributed by atoms with van der Waals surface area (Å²) >= 11 is 0. The van der Waals surface area contributed by atoms with Gasteiger partial charge >= 0.3 is 0 Å². The maximum atomic E-state index is 11.4. The first-order valence-corrected chi connectivity index (χ1v) is 7.44. The Kier molecular flexibility index (Phi) is 5.94. The molecule has 1 N–H and O–H groups in total. The SMILES string of the molecule is CCCCC(=O)NCCCc1nc(-c2ccccc2)no1. The number of aryl methyl sites for hydroxylation is 1. The average molecular weight is 287 g/mol. The van der Waals surface area contributed by atoms with Gasteiger partial charge in [-0.05, 0) is 12.8 Å². The predicted octanol–water partition coefficient (Wildman–Crippen LogP) is 2.98. The Bertz CT molecular complexity index is 552. The molecule has 0 unspecified atom stereocenters. The topological polar surface area (TPSA) is 68.0 Å². The molecule has 2 rings (SSSR count). The van der Waals surface area contributed by atoms with Gasteiger partial charge in [0.1, 0.15) is 0 Å². The molecule has 1 aromatic carbocycles. The van der Waals surface area contributed by atoms with Crippen molar-refractivity contribution in [1.29, 1.82) is 0 Å². The third-order valence-corrected chi connectivity index (χ3v) is 3.15. The fourth-order valence-corrected chi connectivity index (χ4v) is 1.95. The molecule has 0 fully saturated rings. The number of benzene rings is 1. The minimum atomic E-state index is 0.118. The van der Waals surface area contributed by atoms with Crippen molar-refractivity contribution in [3.05, 3.63) is 36.2 Å². The molecule has 0 spiro atoms. The van der Waals surface area contributed by atoms with Gasteiger partial charge in [0, 0.05) is 24.9 Å². The molecular weight excluding hydrogens is 266 g/mol. The van der Waals surface area contributed by atoms with E-state index in [2.05, 4.69) is 22.4 Å². The Morgan fingerprint density at radius 3 is 2.81 bits per heavy atom. The molecule has 0 aliphatic carbocycles. The standard InChI is InChI=1S/C16H21N3O2/c1-2-3-10-14(20)17-12-7-11-15-18-16(19-21-15)13-8-5-4-6-9-13/h4-6,8-9H,2-3,7,10-12H2,1H3,(H,17,20). The number of carbonyl (C=O) groups excluding carboxylic acids is 1. The van der Waals surface area contributed by atoms with Gasteiger partial charge in [-0.1, -0.05) is 48.8 Å². The second-order valence-electron chi connectivity index (χ2n) is 4.93. The lowest BCUT2D eigenvalue weighted by molar-refractivity contribution is -0.121. The van der Waals surface area contributed by atoms with Gasteiger partial charge in [0.25, 0.3) is 0 Å². The zero-order chi connectivity index (χ0) is 14.9. The number of carbonyl (C=O) groups is 1. The van der Waals surface area contributed by atoms with E-state index in [4.69, 9.17) is 4.52 Å². The van der Waals surface area contributed by atoms with Gasteiger partial charge in [0.2, 0.25) is 17.6 Å². The maximum Gasteiger partial charge on any atom is 0.227 e. The molecule has 112 valence electrons. The fourth-order valence-electron chi connectivity index (χ4n) is 1.95. The summed E-state index contributed by atoms with van der Waals surface area (Å²) in [4.78, 5) is 15.8. The minimum Gasteiger partial charge on any atom is -0.356 e. The van der Waals surface area contributed by atoms with Crippen molar-refractivity contribution in [3.63, 3.8) is 0 Å². The summed E-state index contributed by atoms with van der Waals surface area (Å²) in [5.41, 5.74) is 0.945. The molecule has 0 saturated heterocycles. The van der Waals surface area contributed by atoms with E-state index in [1.54, 1.807) is 0 Å². The number of unbranched alkanes of at least 4 members (excludes halogenated alkanes) is 1. The lowest BCUT2D eigenvalue weighted by Crippen LogP contribution is -2.24. The Morgan fingerprint density at radius 1 is 1.24 bits per heavy atom. The van der Waals surface area contributed by atoms with Crippen molar-refractivity contribution in [3.8, 4) is 11.4 Å². The number of aromatic nitrogens is 2. The lowest BCUT2D eigenvalue weighted by atomic mass is 10.2. The van der Waals surface area contributed by atoms with Crippen LogP contribution in [-0.2, 0) is 11.2 Å². The Labute approximate surface area is 124 Å². The highest BCUT2D eigenvalue weighted by atomic mass is 16.5. The zero-order valence-corrected chi connectivity index (χ0v) is 12.3. The third kappa shape index (κ3) is 5.02. The zero-order valence-electron chi connectivity index (χ0n) is 12.3. The molecule has 2 aromatic rings. The van der Waals surface area contributed by atoms with Gasteiger partial charge in [-0.2, -0.15) is 4.98 Å². The highest BCUT2D eigenvalue weighted by molar-refractivity contribution is 5.75. The van der Waals surface area contributed by atoms with Crippen LogP contribution in [-0.4, -0.2) is 22.6 Å². The van der Waals surface area contributed by atoms with Crippen molar-refractivity contribution in [2.45, 2.75) is 39.0 Å². The number of nitrogens with zero attached hydrogens (tertiary/aromatic N) is 2. The first kappa shape index (κ1) is 15.2. The lowest BCUT2D eigenvalue weighted by Gasteiger charge is -2.02. The van der Waals surface area contributed by atoms with Crippen molar-refractivity contribution in [1.82, 2.24) is 15.5 Å². The molecule has 21 heavy (non-hydrogen) atoms. The van der Waals surface area contributed by atoms with Gasteiger partial charge in [-0.15, -0.1) is 0 Å². The van der Waals surface area contributed by atoms with Crippen LogP contribution in [0.15, 0.2) is 34.9 Å². The van der Waals surface area contributed by atoms with E-state index in [0.717, 1.165) is 24.8 Å². The fraction of sp³-hybridized carbons (Fsp3) is 0.438. The van der Waals surface area contributed by atoms with Crippen molar-refractivity contribution < 1.29 is 9.32 Å². The number of nitrogens with one attached hydrogen (secondary N) is 1. The Morgan fingerprint density at radius 2 is 2.05 bits per heavy atom. The van der Waals surface area contributed by atoms with E-state index in [9.17, 15) is 4.79 Å². The molecule has 5 nitrogen and oxygen atoms in total. The van der Waals surface area contributed by atoms with Crippen LogP contribution in [0.3, 0.4) is 0 Å². The molecular formula is C16H21N3O2. The second-order valence-corrected chi connectivity index (χ2v) is 4.93. The van der Waals surface area contributed by atoms with Gasteiger partial charge in [0.15, 0.2) is 0 Å². The van der Waals surface area contributed by atoms with Gasteiger partial charge in [-0.3, -0.25) is 4.79 Å². The third-order valence-electron chi connectivity index (χ3n) is 3.15. The Balaban J connectivity index is 1.72. The van der Waals surface area contributed by atoms with E-state index < -0.39 is 0 Å². The normalized spacial score (nSPS) is 10.5. The molecule has 5 heteroatoms. The van der Waals surface area contributed by atoms with Crippen LogP contribution in [0.25, 0.3) is 11.4 Å². The minimum absolute atomic E-state index is 0.118. The molecule has 0 aliphatic rings. The molecule has 0 saturated carbocycles. The van der Waals surface area contributed by atoms with Crippen LogP contribution in [0.5, 0.6) is 0 Å². The number of hydrogen-bond donors (Lipinski definition) is 1. The highest BCUT2D eigenvalue weighted by Crippen LogP contribution is 2.15. The van der Waals surface area contributed by atoms with Crippen molar-refractivity contribution >= 4 is 5.91 Å². The van der Waals surface area contributed by atoms with Crippen LogP contribution < -0.4 is 5.32 Å². The number of hydrogen-bond acceptors (Lipinski definition) is 4. The predicted molar refractivity (Wildman–Crippen MR) is 80.6 cm³/mol. The average Bonchev–Trinajstić information content (AvgIpc) is 2.99. The summed E-state index contributed by atoms with van der Waals surface area (Å²) in [5.74, 6) is 1.33. The second kappa shape index (κ2) is 8.19. The van der Waals surface area contributed by atoms with Gasteiger partial charge in [0.05, 0.1) is 0 Å². The van der Waals surface area contributed by atoms with Crippen LogP contribution in [0, 0.1) is 0 Å². The summed E-state index contributed by atoms with van der Waals surface area (Å²) in [6.45, 7) is 2.72.